The smallest absolute Gasteiger partial charge is 0.410 e. The quantitative estimate of drug-likeness (QED) is 0.507. The molecule has 0 radical (unpaired) electrons. The van der Waals surface area contributed by atoms with Crippen LogP contribution in [0.1, 0.15) is 52.5 Å². The summed E-state index contributed by atoms with van der Waals surface area (Å²) in [6, 6.07) is 5.62. The number of fused-ring (bicyclic) bond motifs is 1. The Morgan fingerprint density at radius 3 is 2.37 bits per heavy atom. The molecule has 1 amide bonds. The normalized spacial score (nSPS) is 17.3. The fourth-order valence-corrected chi connectivity index (χ4v) is 6.01. The highest BCUT2D eigenvalue weighted by Gasteiger charge is 2.28. The molecule has 5 rings (SSSR count). The Labute approximate surface area is 223 Å². The summed E-state index contributed by atoms with van der Waals surface area (Å²) >= 11 is 0. The summed E-state index contributed by atoms with van der Waals surface area (Å²) < 4.78 is 32.3. The number of ether oxygens (including phenoxy) is 1. The van der Waals surface area contributed by atoms with E-state index in [0.717, 1.165) is 31.4 Å². The first-order chi connectivity index (χ1) is 18.0. The summed E-state index contributed by atoms with van der Waals surface area (Å²) in [5.41, 5.74) is 1.07. The van der Waals surface area contributed by atoms with Crippen LogP contribution in [0.3, 0.4) is 0 Å². The van der Waals surface area contributed by atoms with E-state index < -0.39 is 15.4 Å². The molecule has 0 aromatic carbocycles. The molecule has 204 valence electrons. The van der Waals surface area contributed by atoms with Crippen molar-refractivity contribution in [2.24, 2.45) is 0 Å². The fourth-order valence-electron chi connectivity index (χ4n) is 5.08. The zero-order valence-electron chi connectivity index (χ0n) is 22.3. The van der Waals surface area contributed by atoms with E-state index in [9.17, 15) is 13.2 Å². The number of amides is 1. The number of hydrogen-bond acceptors (Lipinski definition) is 9. The van der Waals surface area contributed by atoms with Gasteiger partial charge in [0.05, 0.1) is 11.9 Å². The number of hydrogen-bond donors (Lipinski definition) is 1. The standard InChI is InChI=1S/C26H35N7O4S/c1-26(2,3)37-25(34)32-13-11-31(12-14-32)20-9-10-21(27-17-20)29-24-28-16-18-15-22(38(4,35)36)33(23(18)30-24)19-7-5-6-8-19/h9-10,15-17,19H,5-8,11-14H2,1-4H3,(H,27,28,29,30). The van der Waals surface area contributed by atoms with Gasteiger partial charge in [0.2, 0.25) is 5.95 Å². The number of nitrogens with one attached hydrogen (secondary N) is 1. The van der Waals surface area contributed by atoms with Crippen molar-refractivity contribution in [2.75, 3.05) is 42.7 Å². The minimum Gasteiger partial charge on any atom is -0.444 e. The van der Waals surface area contributed by atoms with Crippen molar-refractivity contribution in [1.29, 1.82) is 0 Å². The van der Waals surface area contributed by atoms with E-state index in [1.807, 2.05) is 37.5 Å². The summed E-state index contributed by atoms with van der Waals surface area (Å²) in [6.45, 7) is 8.14. The number of sulfone groups is 1. The number of piperazine rings is 1. The van der Waals surface area contributed by atoms with Crippen molar-refractivity contribution in [3.05, 3.63) is 30.6 Å². The van der Waals surface area contributed by atoms with Crippen LogP contribution in [0, 0.1) is 0 Å². The lowest BCUT2D eigenvalue weighted by Gasteiger charge is -2.36. The van der Waals surface area contributed by atoms with Crippen LogP contribution in [0.25, 0.3) is 11.0 Å². The molecule has 1 aliphatic heterocycles. The van der Waals surface area contributed by atoms with Crippen molar-refractivity contribution in [1.82, 2.24) is 24.4 Å². The molecular formula is C26H35N7O4S. The second kappa shape index (κ2) is 10.0. The van der Waals surface area contributed by atoms with Crippen molar-refractivity contribution >= 4 is 44.4 Å². The first-order valence-electron chi connectivity index (χ1n) is 13.0. The van der Waals surface area contributed by atoms with Crippen LogP contribution in [0.15, 0.2) is 35.6 Å². The van der Waals surface area contributed by atoms with Gasteiger partial charge in [-0.15, -0.1) is 0 Å². The molecule has 12 heteroatoms. The third-order valence-corrected chi connectivity index (χ3v) is 7.97. The lowest BCUT2D eigenvalue weighted by molar-refractivity contribution is 0.0240. The Morgan fingerprint density at radius 2 is 1.76 bits per heavy atom. The second-order valence-corrected chi connectivity index (χ2v) is 13.0. The van der Waals surface area contributed by atoms with E-state index in [4.69, 9.17) is 4.74 Å². The zero-order chi connectivity index (χ0) is 27.1. The van der Waals surface area contributed by atoms with Gasteiger partial charge in [-0.25, -0.2) is 23.2 Å². The van der Waals surface area contributed by atoms with Crippen molar-refractivity contribution in [3.63, 3.8) is 0 Å². The molecule has 0 atom stereocenters. The SMILES string of the molecule is CC(C)(C)OC(=O)N1CCN(c2ccc(Nc3ncc4cc(S(C)(=O)=O)n(C5CCCC5)c4n3)nc2)CC1. The number of carbonyl (C=O) groups is 1. The van der Waals surface area contributed by atoms with Gasteiger partial charge in [-0.05, 0) is 51.8 Å². The summed E-state index contributed by atoms with van der Waals surface area (Å²) in [4.78, 5) is 29.9. The van der Waals surface area contributed by atoms with Crippen molar-refractivity contribution in [2.45, 2.75) is 63.1 Å². The van der Waals surface area contributed by atoms with Gasteiger partial charge in [-0.3, -0.25) is 0 Å². The molecule has 2 aliphatic rings. The molecule has 1 aliphatic carbocycles. The lowest BCUT2D eigenvalue weighted by Crippen LogP contribution is -2.50. The van der Waals surface area contributed by atoms with Crippen LogP contribution in [0.2, 0.25) is 0 Å². The number of carbonyl (C=O) groups excluding carboxylic acids is 1. The Bertz CT molecular complexity index is 1420. The summed E-state index contributed by atoms with van der Waals surface area (Å²) in [5, 5.41) is 4.15. The number of nitrogens with zero attached hydrogens (tertiary/aromatic N) is 6. The zero-order valence-corrected chi connectivity index (χ0v) is 23.2. The Morgan fingerprint density at radius 1 is 1.05 bits per heavy atom. The van der Waals surface area contributed by atoms with Crippen LogP contribution < -0.4 is 10.2 Å². The molecule has 3 aromatic rings. The number of anilines is 3. The molecule has 2 fully saturated rings. The first-order valence-corrected chi connectivity index (χ1v) is 14.9. The minimum absolute atomic E-state index is 0.119. The number of pyridine rings is 1. The van der Waals surface area contributed by atoms with E-state index in [0.29, 0.717) is 54.0 Å². The Kier molecular flexibility index (Phi) is 6.93. The van der Waals surface area contributed by atoms with Crippen LogP contribution in [-0.4, -0.2) is 77.0 Å². The highest BCUT2D eigenvalue weighted by Crippen LogP contribution is 2.36. The van der Waals surface area contributed by atoms with Crippen LogP contribution in [0.4, 0.5) is 22.2 Å². The molecule has 3 aromatic heterocycles. The van der Waals surface area contributed by atoms with Crippen molar-refractivity contribution < 1.29 is 17.9 Å². The topological polar surface area (TPSA) is 123 Å². The van der Waals surface area contributed by atoms with Gasteiger partial charge < -0.3 is 24.4 Å². The Balaban J connectivity index is 1.28. The minimum atomic E-state index is -3.41. The molecule has 0 unspecified atom stereocenters. The van der Waals surface area contributed by atoms with Crippen molar-refractivity contribution in [3.8, 4) is 0 Å². The maximum Gasteiger partial charge on any atom is 0.410 e. The summed E-state index contributed by atoms with van der Waals surface area (Å²) in [5.74, 6) is 0.948. The van der Waals surface area contributed by atoms with Crippen LogP contribution >= 0.6 is 0 Å². The van der Waals surface area contributed by atoms with Gasteiger partial charge >= 0.3 is 6.09 Å². The number of rotatable bonds is 5. The highest BCUT2D eigenvalue weighted by atomic mass is 32.2. The van der Waals surface area contributed by atoms with Gasteiger partial charge in [-0.2, -0.15) is 4.98 Å². The van der Waals surface area contributed by atoms with E-state index in [1.54, 1.807) is 23.4 Å². The molecule has 0 bridgehead atoms. The molecule has 11 nitrogen and oxygen atoms in total. The fraction of sp³-hybridized carbons (Fsp3) is 0.538. The third kappa shape index (κ3) is 5.69. The van der Waals surface area contributed by atoms with Crippen LogP contribution in [0.5, 0.6) is 0 Å². The molecule has 0 spiro atoms. The van der Waals surface area contributed by atoms with E-state index >= 15 is 0 Å². The predicted octanol–water partition coefficient (Wildman–Crippen LogP) is 4.15. The first kappa shape index (κ1) is 26.2. The van der Waals surface area contributed by atoms with E-state index in [2.05, 4.69) is 25.2 Å². The van der Waals surface area contributed by atoms with Gasteiger partial charge in [-0.1, -0.05) is 12.8 Å². The largest absolute Gasteiger partial charge is 0.444 e. The van der Waals surface area contributed by atoms with Gasteiger partial charge in [0.15, 0.2) is 9.84 Å². The molecular weight excluding hydrogens is 506 g/mol. The second-order valence-electron chi connectivity index (χ2n) is 11.0. The molecule has 1 saturated heterocycles. The maximum absolute atomic E-state index is 12.5. The van der Waals surface area contributed by atoms with Gasteiger partial charge in [0, 0.05) is 50.1 Å². The predicted molar refractivity (Wildman–Crippen MR) is 146 cm³/mol. The summed E-state index contributed by atoms with van der Waals surface area (Å²) in [7, 11) is -3.41. The Hall–Kier alpha value is -3.41. The molecule has 4 heterocycles. The average Bonchev–Trinajstić information content (AvgIpc) is 3.51. The van der Waals surface area contributed by atoms with Crippen LogP contribution in [-0.2, 0) is 14.6 Å². The monoisotopic (exact) mass is 541 g/mol. The maximum atomic E-state index is 12.5. The number of aromatic nitrogens is 4. The lowest BCUT2D eigenvalue weighted by atomic mass is 10.2. The third-order valence-electron chi connectivity index (χ3n) is 6.89. The molecule has 1 saturated carbocycles. The summed E-state index contributed by atoms with van der Waals surface area (Å²) in [6.07, 6.45) is 8.43. The average molecular weight is 542 g/mol. The van der Waals surface area contributed by atoms with E-state index in [1.165, 1.54) is 6.26 Å². The van der Waals surface area contributed by atoms with Gasteiger partial charge in [0.1, 0.15) is 22.1 Å². The van der Waals surface area contributed by atoms with E-state index in [-0.39, 0.29) is 12.1 Å². The highest BCUT2D eigenvalue weighted by molar-refractivity contribution is 7.90. The van der Waals surface area contributed by atoms with Gasteiger partial charge in [0.25, 0.3) is 0 Å². The molecule has 38 heavy (non-hydrogen) atoms. The molecule has 1 N–H and O–H groups in total.